The molecule has 0 fully saturated rings. The molecule has 414 valence electrons. The van der Waals surface area contributed by atoms with Crippen molar-refractivity contribution < 1.29 is 100 Å². The van der Waals surface area contributed by atoms with Crippen LogP contribution in [0.4, 0.5) is 0 Å². The van der Waals surface area contributed by atoms with Gasteiger partial charge in [0, 0.05) is 33.0 Å². The highest BCUT2D eigenvalue weighted by Crippen LogP contribution is 2.14. The Balaban J connectivity index is 2.01. The number of rotatable bonds is 57. The van der Waals surface area contributed by atoms with E-state index in [0.717, 1.165) is 5.56 Å². The summed E-state index contributed by atoms with van der Waals surface area (Å²) in [4.78, 5) is 36.8. The lowest BCUT2D eigenvalue weighted by molar-refractivity contribution is -0.139. The Morgan fingerprint density at radius 2 is 0.789 bits per heavy atom. The molecule has 1 atom stereocenters. The third-order valence-corrected chi connectivity index (χ3v) is 8.93. The summed E-state index contributed by atoms with van der Waals surface area (Å²) in [6.45, 7) is 13.7. The molecule has 5 N–H and O–H groups in total. The molecule has 2 amide bonds. The minimum Gasteiger partial charge on any atom is -0.482 e. The second kappa shape index (κ2) is 53.1. The molecule has 0 aromatic heterocycles. The number of carbonyl (C=O) groups excluding carboxylic acids is 2. The van der Waals surface area contributed by atoms with E-state index in [9.17, 15) is 14.4 Å². The fraction of sp³-hybridized carbons (Fsp3) is 0.809. The second-order valence-electron chi connectivity index (χ2n) is 14.7. The molecule has 0 aliphatic heterocycles. The summed E-state index contributed by atoms with van der Waals surface area (Å²) >= 11 is 0. The number of hydrogen-bond donors (Lipinski definition) is 4. The standard InChI is InChI=1S/C47H85N3O21/c1-55-12-13-59-20-21-63-26-27-65-30-31-67-34-35-69-38-39-70-37-36-68-33-32-66-29-28-64-25-24-62-19-16-58-11-8-49-47(54)44(40-42-2-4-43(5-3-42)71-41-46(52)53)50-45(51)6-9-56-14-17-60-22-23-61-18-15-57-10-7-48/h2-5,44H,6-41,48H2,1H3,(H,49,54)(H,50,51)(H,52,53)/t44-/m0/s1. The summed E-state index contributed by atoms with van der Waals surface area (Å²) in [6.07, 6.45) is 0.218. The third-order valence-electron chi connectivity index (χ3n) is 8.93. The number of nitrogens with one attached hydrogen (secondary N) is 2. The first-order chi connectivity index (χ1) is 35.0. The topological polar surface area (TPSA) is 278 Å². The lowest BCUT2D eigenvalue weighted by Gasteiger charge is -2.19. The van der Waals surface area contributed by atoms with Gasteiger partial charge in [-0.25, -0.2) is 4.79 Å². The van der Waals surface area contributed by atoms with Gasteiger partial charge < -0.3 is 102 Å². The van der Waals surface area contributed by atoms with Crippen LogP contribution in [0, 0.1) is 0 Å². The summed E-state index contributed by atoms with van der Waals surface area (Å²) in [5.74, 6) is -1.49. The predicted octanol–water partition coefficient (Wildman–Crippen LogP) is -0.462. The average molecular weight is 1030 g/mol. The van der Waals surface area contributed by atoms with Crippen LogP contribution in [0.25, 0.3) is 0 Å². The zero-order chi connectivity index (χ0) is 51.2. The molecule has 0 radical (unpaired) electrons. The Bertz CT molecular complexity index is 1330. The van der Waals surface area contributed by atoms with Crippen LogP contribution in [0.5, 0.6) is 5.75 Å². The van der Waals surface area contributed by atoms with Crippen molar-refractivity contribution in [1.82, 2.24) is 10.6 Å². The van der Waals surface area contributed by atoms with E-state index in [-0.39, 0.29) is 38.5 Å². The number of nitrogens with two attached hydrogens (primary N) is 1. The van der Waals surface area contributed by atoms with Gasteiger partial charge in [-0.2, -0.15) is 0 Å². The maximum Gasteiger partial charge on any atom is 0.341 e. The van der Waals surface area contributed by atoms with Crippen LogP contribution in [0.3, 0.4) is 0 Å². The zero-order valence-electron chi connectivity index (χ0n) is 42.0. The fourth-order valence-corrected chi connectivity index (χ4v) is 5.40. The van der Waals surface area contributed by atoms with Gasteiger partial charge in [0.2, 0.25) is 11.8 Å². The van der Waals surface area contributed by atoms with Crippen molar-refractivity contribution in [2.45, 2.75) is 18.9 Å². The molecule has 24 nitrogen and oxygen atoms in total. The molecule has 1 aromatic carbocycles. The number of amides is 2. The van der Waals surface area contributed by atoms with Crippen LogP contribution >= 0.6 is 0 Å². The number of aliphatic carboxylic acids is 1. The Morgan fingerprint density at radius 3 is 1.13 bits per heavy atom. The van der Waals surface area contributed by atoms with Gasteiger partial charge >= 0.3 is 5.97 Å². The summed E-state index contributed by atoms with van der Waals surface area (Å²) in [6, 6.07) is 5.73. The van der Waals surface area contributed by atoms with Crippen molar-refractivity contribution in [3.05, 3.63) is 29.8 Å². The molecule has 24 heteroatoms. The molecule has 0 heterocycles. The van der Waals surface area contributed by atoms with E-state index in [1.807, 2.05) is 0 Å². The van der Waals surface area contributed by atoms with E-state index in [0.29, 0.717) is 204 Å². The zero-order valence-corrected chi connectivity index (χ0v) is 42.0. The maximum absolute atomic E-state index is 13.2. The Labute approximate surface area is 419 Å². The van der Waals surface area contributed by atoms with E-state index in [4.69, 9.17) is 91.4 Å². The van der Waals surface area contributed by atoms with Gasteiger partial charge in [-0.1, -0.05) is 12.1 Å². The fourth-order valence-electron chi connectivity index (χ4n) is 5.40. The van der Waals surface area contributed by atoms with E-state index in [1.165, 1.54) is 0 Å². The molecule has 0 aliphatic carbocycles. The number of carboxylic acids is 1. The van der Waals surface area contributed by atoms with E-state index < -0.39 is 24.5 Å². The van der Waals surface area contributed by atoms with Gasteiger partial charge in [0.15, 0.2) is 6.61 Å². The number of carbonyl (C=O) groups is 3. The first-order valence-corrected chi connectivity index (χ1v) is 24.3. The number of carboxylic acid groups (broad SMARTS) is 1. The monoisotopic (exact) mass is 1030 g/mol. The molecular formula is C47H85N3O21. The number of hydrogen-bond acceptors (Lipinski definition) is 21. The van der Waals surface area contributed by atoms with Crippen LogP contribution in [-0.2, 0) is 96.6 Å². The molecule has 0 saturated carbocycles. The first kappa shape index (κ1) is 65.8. The average Bonchev–Trinajstić information content (AvgIpc) is 3.37. The Hall–Kier alpha value is -3.25. The molecule has 0 spiro atoms. The minimum atomic E-state index is -1.10. The highest BCUT2D eigenvalue weighted by Gasteiger charge is 2.21. The quantitative estimate of drug-likeness (QED) is 0.0601. The van der Waals surface area contributed by atoms with Crippen molar-refractivity contribution in [2.24, 2.45) is 5.73 Å². The molecule has 1 aromatic rings. The minimum absolute atomic E-state index is 0.0361. The summed E-state index contributed by atoms with van der Waals surface area (Å²) in [5.41, 5.74) is 6.09. The molecule has 0 unspecified atom stereocenters. The van der Waals surface area contributed by atoms with Crippen LogP contribution < -0.4 is 21.1 Å². The smallest absolute Gasteiger partial charge is 0.341 e. The van der Waals surface area contributed by atoms with Gasteiger partial charge in [-0.15, -0.1) is 0 Å². The maximum atomic E-state index is 13.2. The Kier molecular flexibility index (Phi) is 49.1. The van der Waals surface area contributed by atoms with E-state index >= 15 is 0 Å². The molecule has 0 saturated heterocycles. The van der Waals surface area contributed by atoms with Gasteiger partial charge in [0.05, 0.1) is 205 Å². The van der Waals surface area contributed by atoms with Gasteiger partial charge in [-0.3, -0.25) is 9.59 Å². The van der Waals surface area contributed by atoms with Crippen molar-refractivity contribution in [2.75, 3.05) is 232 Å². The lowest BCUT2D eigenvalue weighted by atomic mass is 10.0. The molecule has 0 bridgehead atoms. The van der Waals surface area contributed by atoms with Gasteiger partial charge in [0.25, 0.3) is 0 Å². The van der Waals surface area contributed by atoms with Crippen LogP contribution in [0.15, 0.2) is 24.3 Å². The highest BCUT2D eigenvalue weighted by atomic mass is 16.6. The number of methoxy groups -OCH3 is 1. The Morgan fingerprint density at radius 1 is 0.465 bits per heavy atom. The molecule has 1 rings (SSSR count). The predicted molar refractivity (Wildman–Crippen MR) is 256 cm³/mol. The van der Waals surface area contributed by atoms with E-state index in [1.54, 1.807) is 31.4 Å². The first-order valence-electron chi connectivity index (χ1n) is 24.3. The van der Waals surface area contributed by atoms with Crippen molar-refractivity contribution in [3.63, 3.8) is 0 Å². The largest absolute Gasteiger partial charge is 0.482 e. The highest BCUT2D eigenvalue weighted by molar-refractivity contribution is 5.87. The number of benzene rings is 1. The molecular weight excluding hydrogens is 943 g/mol. The summed E-state index contributed by atoms with van der Waals surface area (Å²) < 4.78 is 92.0. The van der Waals surface area contributed by atoms with Crippen molar-refractivity contribution >= 4 is 17.8 Å². The van der Waals surface area contributed by atoms with Crippen LogP contribution in [-0.4, -0.2) is 261 Å². The normalized spacial score (nSPS) is 11.8. The van der Waals surface area contributed by atoms with Crippen molar-refractivity contribution in [3.8, 4) is 5.75 Å². The van der Waals surface area contributed by atoms with Gasteiger partial charge in [-0.05, 0) is 17.7 Å². The molecule has 71 heavy (non-hydrogen) atoms. The third kappa shape index (κ3) is 47.5. The lowest BCUT2D eigenvalue weighted by Crippen LogP contribution is -2.48. The number of ether oxygens (including phenoxy) is 17. The summed E-state index contributed by atoms with van der Waals surface area (Å²) in [5, 5.41) is 14.5. The van der Waals surface area contributed by atoms with Crippen LogP contribution in [0.1, 0.15) is 12.0 Å². The SMILES string of the molecule is COCCOCCOCCOCCOCCOCCOCCOCCOCCOCCOCCOCCNC(=O)[C@H](Cc1ccc(OCC(=O)O)cc1)NC(=O)CCOCCOCCOCCOCCN. The second-order valence-corrected chi connectivity index (χ2v) is 14.7. The van der Waals surface area contributed by atoms with Crippen molar-refractivity contribution in [1.29, 1.82) is 0 Å². The van der Waals surface area contributed by atoms with Gasteiger partial charge in [0.1, 0.15) is 11.8 Å². The van der Waals surface area contributed by atoms with Crippen LogP contribution in [0.2, 0.25) is 0 Å². The summed E-state index contributed by atoms with van der Waals surface area (Å²) in [7, 11) is 1.64. The molecule has 0 aliphatic rings. The van der Waals surface area contributed by atoms with E-state index in [2.05, 4.69) is 10.6 Å².